The molecule has 0 spiro atoms. The summed E-state index contributed by atoms with van der Waals surface area (Å²) in [5.74, 6) is 0.341. The van der Waals surface area contributed by atoms with Crippen LogP contribution in [-0.4, -0.2) is 28.5 Å². The minimum Gasteiger partial charge on any atom is -0.355 e. The SMILES string of the molecule is NC1CCC(C(=O)NCCc2cnc[nH]2)CC1. The number of carbonyl (C=O) groups excluding carboxylic acids is 1. The van der Waals surface area contributed by atoms with Gasteiger partial charge in [0.15, 0.2) is 0 Å². The van der Waals surface area contributed by atoms with E-state index < -0.39 is 0 Å². The molecule has 1 aromatic heterocycles. The van der Waals surface area contributed by atoms with E-state index in [1.165, 1.54) is 0 Å². The van der Waals surface area contributed by atoms with Crippen molar-refractivity contribution in [1.29, 1.82) is 0 Å². The Morgan fingerprint density at radius 1 is 1.47 bits per heavy atom. The summed E-state index contributed by atoms with van der Waals surface area (Å²) in [4.78, 5) is 18.8. The minimum atomic E-state index is 0.163. The van der Waals surface area contributed by atoms with E-state index in [1.807, 2.05) is 0 Å². The van der Waals surface area contributed by atoms with Gasteiger partial charge < -0.3 is 16.0 Å². The van der Waals surface area contributed by atoms with Crippen molar-refractivity contribution in [1.82, 2.24) is 15.3 Å². The van der Waals surface area contributed by atoms with Gasteiger partial charge >= 0.3 is 0 Å². The van der Waals surface area contributed by atoms with Crippen molar-refractivity contribution in [2.24, 2.45) is 11.7 Å². The molecule has 0 aromatic carbocycles. The van der Waals surface area contributed by atoms with E-state index in [2.05, 4.69) is 15.3 Å². The van der Waals surface area contributed by atoms with Crippen molar-refractivity contribution >= 4 is 5.91 Å². The number of rotatable bonds is 4. The first-order valence-electron chi connectivity index (χ1n) is 6.26. The van der Waals surface area contributed by atoms with Crippen LogP contribution in [0.25, 0.3) is 0 Å². The van der Waals surface area contributed by atoms with Crippen molar-refractivity contribution < 1.29 is 4.79 Å². The van der Waals surface area contributed by atoms with Gasteiger partial charge in [-0.15, -0.1) is 0 Å². The Labute approximate surface area is 101 Å². The van der Waals surface area contributed by atoms with Crippen LogP contribution in [-0.2, 0) is 11.2 Å². The Balaban J connectivity index is 1.67. The summed E-state index contributed by atoms with van der Waals surface area (Å²) < 4.78 is 0. The van der Waals surface area contributed by atoms with Gasteiger partial charge in [-0.2, -0.15) is 0 Å². The summed E-state index contributed by atoms with van der Waals surface area (Å²) in [7, 11) is 0. The number of imidazole rings is 1. The summed E-state index contributed by atoms with van der Waals surface area (Å²) in [5, 5.41) is 2.98. The van der Waals surface area contributed by atoms with E-state index in [0.29, 0.717) is 12.6 Å². The fourth-order valence-electron chi connectivity index (χ4n) is 2.27. The van der Waals surface area contributed by atoms with Crippen LogP contribution >= 0.6 is 0 Å². The highest BCUT2D eigenvalue weighted by atomic mass is 16.1. The van der Waals surface area contributed by atoms with Gasteiger partial charge in [-0.05, 0) is 25.7 Å². The molecule has 1 heterocycles. The van der Waals surface area contributed by atoms with Gasteiger partial charge in [0, 0.05) is 36.8 Å². The van der Waals surface area contributed by atoms with Gasteiger partial charge in [-0.1, -0.05) is 0 Å². The molecule has 1 saturated carbocycles. The van der Waals surface area contributed by atoms with Gasteiger partial charge in [-0.3, -0.25) is 4.79 Å². The van der Waals surface area contributed by atoms with Crippen LogP contribution in [0.15, 0.2) is 12.5 Å². The summed E-state index contributed by atoms with van der Waals surface area (Å²) in [6, 6.07) is 0.295. The monoisotopic (exact) mass is 236 g/mol. The van der Waals surface area contributed by atoms with E-state index >= 15 is 0 Å². The maximum Gasteiger partial charge on any atom is 0.223 e. The summed E-state index contributed by atoms with van der Waals surface area (Å²) in [5.41, 5.74) is 6.87. The van der Waals surface area contributed by atoms with Gasteiger partial charge in [0.25, 0.3) is 0 Å². The summed E-state index contributed by atoms with van der Waals surface area (Å²) in [6.45, 7) is 0.670. The molecular weight excluding hydrogens is 216 g/mol. The predicted octanol–water partition coefficient (Wildman–Crippen LogP) is 0.586. The quantitative estimate of drug-likeness (QED) is 0.715. The van der Waals surface area contributed by atoms with Crippen molar-refractivity contribution in [3.05, 3.63) is 18.2 Å². The Hall–Kier alpha value is -1.36. The van der Waals surface area contributed by atoms with Crippen LogP contribution in [0.1, 0.15) is 31.4 Å². The zero-order valence-electron chi connectivity index (χ0n) is 9.98. The molecule has 1 aromatic rings. The normalized spacial score (nSPS) is 24.5. The Bertz CT molecular complexity index is 341. The first-order valence-corrected chi connectivity index (χ1v) is 6.26. The van der Waals surface area contributed by atoms with Gasteiger partial charge in [0.05, 0.1) is 6.33 Å². The van der Waals surface area contributed by atoms with Crippen LogP contribution in [0.2, 0.25) is 0 Å². The molecule has 5 nitrogen and oxygen atoms in total. The number of hydrogen-bond acceptors (Lipinski definition) is 3. The second-order valence-corrected chi connectivity index (χ2v) is 4.73. The molecule has 1 amide bonds. The summed E-state index contributed by atoms with van der Waals surface area (Å²) in [6.07, 6.45) is 8.04. The van der Waals surface area contributed by atoms with Crippen molar-refractivity contribution in [2.45, 2.75) is 38.1 Å². The third kappa shape index (κ3) is 3.56. The molecule has 0 atom stereocenters. The Morgan fingerprint density at radius 3 is 2.88 bits per heavy atom. The van der Waals surface area contributed by atoms with E-state index in [-0.39, 0.29) is 11.8 Å². The number of H-pyrrole nitrogens is 1. The zero-order valence-corrected chi connectivity index (χ0v) is 9.98. The average molecular weight is 236 g/mol. The van der Waals surface area contributed by atoms with Crippen LogP contribution < -0.4 is 11.1 Å². The number of nitrogens with zero attached hydrogens (tertiary/aromatic N) is 1. The maximum atomic E-state index is 11.9. The highest BCUT2D eigenvalue weighted by Gasteiger charge is 2.23. The Kier molecular flexibility index (Phi) is 4.14. The number of nitrogens with two attached hydrogens (primary N) is 1. The third-order valence-electron chi connectivity index (χ3n) is 3.39. The molecule has 0 unspecified atom stereocenters. The first-order chi connectivity index (χ1) is 8.25. The van der Waals surface area contributed by atoms with Crippen molar-refractivity contribution in [3.8, 4) is 0 Å². The molecule has 94 valence electrons. The number of nitrogens with one attached hydrogen (secondary N) is 2. The van der Waals surface area contributed by atoms with Crippen LogP contribution in [0, 0.1) is 5.92 Å². The minimum absolute atomic E-state index is 0.163. The molecule has 0 aliphatic heterocycles. The van der Waals surface area contributed by atoms with Gasteiger partial charge in [-0.25, -0.2) is 4.98 Å². The van der Waals surface area contributed by atoms with Gasteiger partial charge in [0.2, 0.25) is 5.91 Å². The average Bonchev–Trinajstić information content (AvgIpc) is 2.83. The molecule has 4 N–H and O–H groups in total. The largest absolute Gasteiger partial charge is 0.355 e. The molecule has 17 heavy (non-hydrogen) atoms. The van der Waals surface area contributed by atoms with Crippen LogP contribution in [0.5, 0.6) is 0 Å². The van der Waals surface area contributed by atoms with E-state index in [4.69, 9.17) is 5.73 Å². The third-order valence-corrected chi connectivity index (χ3v) is 3.39. The van der Waals surface area contributed by atoms with E-state index in [0.717, 1.165) is 37.8 Å². The topological polar surface area (TPSA) is 83.8 Å². The number of amides is 1. The fraction of sp³-hybridized carbons (Fsp3) is 0.667. The molecule has 0 bridgehead atoms. The van der Waals surface area contributed by atoms with Crippen molar-refractivity contribution in [2.75, 3.05) is 6.54 Å². The van der Waals surface area contributed by atoms with E-state index in [1.54, 1.807) is 12.5 Å². The molecule has 1 fully saturated rings. The van der Waals surface area contributed by atoms with Gasteiger partial charge in [0.1, 0.15) is 0 Å². The lowest BCUT2D eigenvalue weighted by Gasteiger charge is -2.25. The molecular formula is C12H20N4O. The van der Waals surface area contributed by atoms with Crippen molar-refractivity contribution in [3.63, 3.8) is 0 Å². The standard InChI is InChI=1S/C12H20N4O/c13-10-3-1-9(2-4-10)12(17)15-6-5-11-7-14-8-16-11/h7-10H,1-6,13H2,(H,14,16)(H,15,17). The number of aromatic nitrogens is 2. The highest BCUT2D eigenvalue weighted by Crippen LogP contribution is 2.22. The second kappa shape index (κ2) is 5.82. The number of aromatic amines is 1. The fourth-order valence-corrected chi connectivity index (χ4v) is 2.27. The lowest BCUT2D eigenvalue weighted by atomic mass is 9.86. The smallest absolute Gasteiger partial charge is 0.223 e. The lowest BCUT2D eigenvalue weighted by Crippen LogP contribution is -2.37. The molecule has 1 aliphatic rings. The Morgan fingerprint density at radius 2 is 2.24 bits per heavy atom. The van der Waals surface area contributed by atoms with Crippen LogP contribution in [0.4, 0.5) is 0 Å². The first kappa shape index (κ1) is 12.1. The maximum absolute atomic E-state index is 11.9. The van der Waals surface area contributed by atoms with Crippen LogP contribution in [0.3, 0.4) is 0 Å². The molecule has 0 saturated heterocycles. The summed E-state index contributed by atoms with van der Waals surface area (Å²) >= 11 is 0. The molecule has 1 aliphatic carbocycles. The number of carbonyl (C=O) groups is 1. The lowest BCUT2D eigenvalue weighted by molar-refractivity contribution is -0.125. The van der Waals surface area contributed by atoms with E-state index in [9.17, 15) is 4.79 Å². The molecule has 2 rings (SSSR count). The molecule has 0 radical (unpaired) electrons. The number of hydrogen-bond donors (Lipinski definition) is 3. The molecule has 5 heteroatoms. The second-order valence-electron chi connectivity index (χ2n) is 4.73. The predicted molar refractivity (Wildman–Crippen MR) is 65.2 cm³/mol. The zero-order chi connectivity index (χ0) is 12.1. The highest BCUT2D eigenvalue weighted by molar-refractivity contribution is 5.78.